The van der Waals surface area contributed by atoms with Gasteiger partial charge in [-0.15, -0.1) is 16.8 Å². The molecule has 37 heavy (non-hydrogen) atoms. The molecule has 1 N–H and O–H groups in total. The maximum absolute atomic E-state index is 15.7. The van der Waals surface area contributed by atoms with Crippen molar-refractivity contribution in [3.8, 4) is 5.75 Å². The molecule has 210 valence electrons. The Hall–Kier alpha value is -1.58. The lowest BCUT2D eigenvalue weighted by Gasteiger charge is -2.54. The van der Waals surface area contributed by atoms with E-state index < -0.39 is 36.8 Å². The summed E-state index contributed by atoms with van der Waals surface area (Å²) < 4.78 is 47.1. The van der Waals surface area contributed by atoms with Gasteiger partial charge in [0.05, 0.1) is 12.2 Å². The molecule has 0 spiro atoms. The van der Waals surface area contributed by atoms with Crippen LogP contribution in [-0.4, -0.2) is 55.1 Å². The molecule has 1 saturated carbocycles. The van der Waals surface area contributed by atoms with Crippen LogP contribution in [0.1, 0.15) is 95.0 Å². The number of rotatable bonds is 12. The highest BCUT2D eigenvalue weighted by molar-refractivity contribution is 8.36. The summed E-state index contributed by atoms with van der Waals surface area (Å²) >= 11 is 0. The highest BCUT2D eigenvalue weighted by atomic mass is 32.3. The summed E-state index contributed by atoms with van der Waals surface area (Å²) in [6.07, 6.45) is 11.1. The van der Waals surface area contributed by atoms with Gasteiger partial charge >= 0.3 is 0 Å². The van der Waals surface area contributed by atoms with Crippen molar-refractivity contribution < 1.29 is 18.1 Å². The first kappa shape index (κ1) is 30.0. The number of halogens is 1. The van der Waals surface area contributed by atoms with Crippen LogP contribution in [0.3, 0.4) is 0 Å². The van der Waals surface area contributed by atoms with Crippen molar-refractivity contribution in [3.05, 3.63) is 41.7 Å². The molecule has 0 radical (unpaired) electrons. The average Bonchev–Trinajstić information content (AvgIpc) is 3.59. The zero-order valence-corrected chi connectivity index (χ0v) is 25.3. The molecule has 1 heterocycles. The van der Waals surface area contributed by atoms with E-state index in [-0.39, 0.29) is 16.9 Å². The first-order valence-corrected chi connectivity index (χ1v) is 17.2. The van der Waals surface area contributed by atoms with E-state index in [9.17, 15) is 9.00 Å². The van der Waals surface area contributed by atoms with Gasteiger partial charge in [-0.3, -0.25) is 4.79 Å². The van der Waals surface area contributed by atoms with Gasteiger partial charge in [0.15, 0.2) is 0 Å². The standard InChI is InChI=1S/C28H46FN3O3S2/c1-9-15-28(10-2,11-3)20-35-25-19-24(29)23(18-22(25)21-13-14-21)26(33)32(36(7,8)27(4,5)6)37(30,34)31-16-12-17-31/h9,18-19,21,30H,1,10-17,20H2,2-8H3. The van der Waals surface area contributed by atoms with E-state index in [2.05, 4.69) is 20.4 Å². The minimum atomic E-state index is -3.59. The second-order valence-corrected chi connectivity index (χ2v) is 18.1. The summed E-state index contributed by atoms with van der Waals surface area (Å²) in [5.74, 6) is -0.669. The van der Waals surface area contributed by atoms with Gasteiger partial charge in [-0.25, -0.2) is 17.7 Å². The van der Waals surface area contributed by atoms with Gasteiger partial charge in [-0.2, -0.15) is 3.71 Å². The molecule has 1 aromatic carbocycles. The summed E-state index contributed by atoms with van der Waals surface area (Å²) in [5.41, 5.74) is 0.634. The number of allylic oxidation sites excluding steroid dienone is 1. The molecule has 1 amide bonds. The molecule has 0 aromatic heterocycles. The maximum atomic E-state index is 15.7. The van der Waals surface area contributed by atoms with Gasteiger partial charge in [-0.1, -0.05) is 40.7 Å². The number of hydrogen-bond acceptors (Lipinski definition) is 4. The molecular weight excluding hydrogens is 509 g/mol. The van der Waals surface area contributed by atoms with E-state index in [1.165, 1.54) is 14.1 Å². The third kappa shape index (κ3) is 5.88. The van der Waals surface area contributed by atoms with Crippen LogP contribution in [-0.2, 0) is 10.1 Å². The first-order valence-electron chi connectivity index (χ1n) is 13.3. The normalized spacial score (nSPS) is 19.0. The van der Waals surface area contributed by atoms with E-state index in [0.29, 0.717) is 25.4 Å². The monoisotopic (exact) mass is 555 g/mol. The second kappa shape index (κ2) is 10.9. The molecule has 1 aromatic rings. The number of carbonyl (C=O) groups is 1. The van der Waals surface area contributed by atoms with Crippen molar-refractivity contribution in [2.75, 3.05) is 32.2 Å². The fourth-order valence-corrected chi connectivity index (χ4v) is 9.74. The van der Waals surface area contributed by atoms with Crippen LogP contribution < -0.4 is 4.74 Å². The fraction of sp³-hybridized carbons (Fsp3) is 0.679. The van der Waals surface area contributed by atoms with Gasteiger partial charge in [0.2, 0.25) is 10.1 Å². The summed E-state index contributed by atoms with van der Waals surface area (Å²) in [7, 11) is -5.67. The van der Waals surface area contributed by atoms with Crippen LogP contribution in [0.5, 0.6) is 5.75 Å². The van der Waals surface area contributed by atoms with Crippen LogP contribution in [0, 0.1) is 16.0 Å². The molecule has 1 unspecified atom stereocenters. The fourth-order valence-electron chi connectivity index (χ4n) is 4.47. The number of amides is 1. The molecule has 2 fully saturated rings. The maximum Gasteiger partial charge on any atom is 0.279 e. The summed E-state index contributed by atoms with van der Waals surface area (Å²) in [4.78, 5) is 14.1. The van der Waals surface area contributed by atoms with Crippen LogP contribution >= 0.6 is 10.2 Å². The van der Waals surface area contributed by atoms with E-state index in [0.717, 1.165) is 44.1 Å². The highest BCUT2D eigenvalue weighted by Crippen LogP contribution is 2.58. The molecule has 2 aliphatic rings. The van der Waals surface area contributed by atoms with Crippen LogP contribution in [0.25, 0.3) is 0 Å². The smallest absolute Gasteiger partial charge is 0.279 e. The van der Waals surface area contributed by atoms with E-state index in [1.807, 2.05) is 39.4 Å². The SMILES string of the molecule is C=CCC(CC)(CC)COc1cc(F)c(C(=O)N(S(C)(C)C(C)(C)C)S(=N)(=O)N2CCC2)cc1C1CC1. The Morgan fingerprint density at radius 3 is 2.27 bits per heavy atom. The summed E-state index contributed by atoms with van der Waals surface area (Å²) in [6, 6.07) is 2.94. The lowest BCUT2D eigenvalue weighted by molar-refractivity contribution is 0.0915. The molecule has 6 nitrogen and oxygen atoms in total. The molecule has 9 heteroatoms. The topological polar surface area (TPSA) is 73.7 Å². The first-order chi connectivity index (χ1) is 17.1. The minimum absolute atomic E-state index is 0.0710. The number of hydrogen-bond donors (Lipinski definition) is 1. The number of benzene rings is 1. The Bertz CT molecular complexity index is 1120. The average molecular weight is 556 g/mol. The van der Waals surface area contributed by atoms with Crippen molar-refractivity contribution in [3.63, 3.8) is 0 Å². The molecule has 1 atom stereocenters. The molecule has 3 rings (SSSR count). The van der Waals surface area contributed by atoms with Crippen LogP contribution in [0.15, 0.2) is 24.8 Å². The Morgan fingerprint density at radius 2 is 1.84 bits per heavy atom. The molecular formula is C28H46FN3O3S2. The lowest BCUT2D eigenvalue weighted by atomic mass is 9.80. The predicted octanol–water partition coefficient (Wildman–Crippen LogP) is 7.27. The third-order valence-electron chi connectivity index (χ3n) is 8.43. The zero-order chi connectivity index (χ0) is 27.8. The van der Waals surface area contributed by atoms with Crippen LogP contribution in [0.4, 0.5) is 4.39 Å². The van der Waals surface area contributed by atoms with E-state index >= 15 is 4.39 Å². The van der Waals surface area contributed by atoms with Crippen molar-refractivity contribution in [2.24, 2.45) is 5.41 Å². The molecule has 1 aliphatic heterocycles. The molecule has 0 bridgehead atoms. The second-order valence-electron chi connectivity index (χ2n) is 11.9. The van der Waals surface area contributed by atoms with E-state index in [1.54, 1.807) is 6.07 Å². The Morgan fingerprint density at radius 1 is 1.24 bits per heavy atom. The molecule has 1 saturated heterocycles. The van der Waals surface area contributed by atoms with Crippen molar-refractivity contribution in [1.82, 2.24) is 8.02 Å². The Kier molecular flexibility index (Phi) is 8.82. The number of nitrogens with one attached hydrogen (secondary N) is 1. The predicted molar refractivity (Wildman–Crippen MR) is 154 cm³/mol. The largest absolute Gasteiger partial charge is 0.493 e. The van der Waals surface area contributed by atoms with Gasteiger partial charge in [0.1, 0.15) is 11.6 Å². The lowest BCUT2D eigenvalue weighted by Crippen LogP contribution is -2.54. The third-order valence-corrected chi connectivity index (χ3v) is 15.8. The minimum Gasteiger partial charge on any atom is -0.493 e. The Balaban J connectivity index is 2.05. The Labute approximate surface area is 225 Å². The summed E-state index contributed by atoms with van der Waals surface area (Å²) in [6.45, 7) is 15.5. The molecule has 1 aliphatic carbocycles. The van der Waals surface area contributed by atoms with Crippen molar-refractivity contribution in [2.45, 2.75) is 83.8 Å². The van der Waals surface area contributed by atoms with E-state index in [4.69, 9.17) is 9.52 Å². The van der Waals surface area contributed by atoms with Crippen molar-refractivity contribution >= 4 is 26.2 Å². The quantitative estimate of drug-likeness (QED) is 0.276. The van der Waals surface area contributed by atoms with Gasteiger partial charge in [-0.05, 0) is 68.6 Å². The highest BCUT2D eigenvalue weighted by Gasteiger charge is 2.46. The summed E-state index contributed by atoms with van der Waals surface area (Å²) in [5, 5.41) is 0. The number of carbonyl (C=O) groups excluding carboxylic acids is 1. The van der Waals surface area contributed by atoms with Crippen LogP contribution in [0.2, 0.25) is 0 Å². The zero-order valence-electron chi connectivity index (χ0n) is 23.7. The van der Waals surface area contributed by atoms with Crippen molar-refractivity contribution in [1.29, 1.82) is 4.78 Å². The number of nitrogens with zero attached hydrogens (tertiary/aromatic N) is 2. The van der Waals surface area contributed by atoms with Gasteiger partial charge in [0.25, 0.3) is 5.91 Å². The van der Waals surface area contributed by atoms with Gasteiger partial charge in [0, 0.05) is 29.3 Å². The number of ether oxygens (including phenoxy) is 1. The van der Waals surface area contributed by atoms with Gasteiger partial charge < -0.3 is 4.74 Å².